The predicted molar refractivity (Wildman–Crippen MR) is 68.3 cm³/mol. The van der Waals surface area contributed by atoms with E-state index in [4.69, 9.17) is 0 Å². The molecule has 2 rings (SSSR count). The van der Waals surface area contributed by atoms with Crippen LogP contribution in [0.3, 0.4) is 0 Å². The molecule has 2 aromatic heterocycles. The second-order valence-electron chi connectivity index (χ2n) is 5.44. The Morgan fingerprint density at radius 3 is 2.41 bits per heavy atom. The van der Waals surface area contributed by atoms with E-state index in [-0.39, 0.29) is 11.0 Å². The third-order valence-corrected chi connectivity index (χ3v) is 2.71. The standard InChI is InChI=1S/C13H17N3O/c1-7-6-8(2)14-10-9(7)11(17)16-12(15-10)13(3,4)5/h6H,1-5H3,(H,14,15,16,17). The smallest absolute Gasteiger partial charge is 0.260 e. The lowest BCUT2D eigenvalue weighted by Crippen LogP contribution is -2.23. The Hall–Kier alpha value is -1.71. The second-order valence-corrected chi connectivity index (χ2v) is 5.44. The van der Waals surface area contributed by atoms with Crippen LogP contribution in [0.25, 0.3) is 11.0 Å². The molecule has 0 atom stereocenters. The van der Waals surface area contributed by atoms with Crippen LogP contribution >= 0.6 is 0 Å². The number of H-pyrrole nitrogens is 1. The van der Waals surface area contributed by atoms with Gasteiger partial charge in [-0.1, -0.05) is 20.8 Å². The Kier molecular flexibility index (Phi) is 2.53. The summed E-state index contributed by atoms with van der Waals surface area (Å²) in [5, 5.41) is 0.587. The topological polar surface area (TPSA) is 58.6 Å². The zero-order valence-electron chi connectivity index (χ0n) is 10.9. The average Bonchev–Trinajstić information content (AvgIpc) is 2.13. The molecule has 4 heteroatoms. The summed E-state index contributed by atoms with van der Waals surface area (Å²) in [6.45, 7) is 9.86. The summed E-state index contributed by atoms with van der Waals surface area (Å²) < 4.78 is 0. The molecule has 0 saturated carbocycles. The van der Waals surface area contributed by atoms with Crippen molar-refractivity contribution in [2.24, 2.45) is 0 Å². The van der Waals surface area contributed by atoms with Crippen LogP contribution < -0.4 is 5.56 Å². The van der Waals surface area contributed by atoms with Crippen molar-refractivity contribution in [3.63, 3.8) is 0 Å². The number of pyridine rings is 1. The lowest BCUT2D eigenvalue weighted by molar-refractivity contribution is 0.545. The van der Waals surface area contributed by atoms with Crippen LogP contribution in [0, 0.1) is 13.8 Å². The van der Waals surface area contributed by atoms with Crippen LogP contribution in [0.15, 0.2) is 10.9 Å². The summed E-state index contributed by atoms with van der Waals surface area (Å²) in [4.78, 5) is 23.7. The number of hydrogen-bond acceptors (Lipinski definition) is 3. The highest BCUT2D eigenvalue weighted by Gasteiger charge is 2.19. The summed E-state index contributed by atoms with van der Waals surface area (Å²) >= 11 is 0. The molecule has 0 aliphatic rings. The van der Waals surface area contributed by atoms with Gasteiger partial charge in [-0.3, -0.25) is 4.79 Å². The van der Waals surface area contributed by atoms with Crippen LogP contribution in [0.4, 0.5) is 0 Å². The first-order valence-electron chi connectivity index (χ1n) is 5.68. The number of nitrogens with one attached hydrogen (secondary N) is 1. The van der Waals surface area contributed by atoms with E-state index in [1.807, 2.05) is 40.7 Å². The number of aromatic nitrogens is 3. The minimum Gasteiger partial charge on any atom is -0.309 e. The number of rotatable bonds is 0. The summed E-state index contributed by atoms with van der Waals surface area (Å²) in [5.41, 5.74) is 2.04. The molecule has 2 heterocycles. The lowest BCUT2D eigenvalue weighted by Gasteiger charge is -2.17. The van der Waals surface area contributed by atoms with Gasteiger partial charge in [-0.2, -0.15) is 0 Å². The summed E-state index contributed by atoms with van der Waals surface area (Å²) in [7, 11) is 0. The largest absolute Gasteiger partial charge is 0.309 e. The highest BCUT2D eigenvalue weighted by molar-refractivity contribution is 5.77. The van der Waals surface area contributed by atoms with Gasteiger partial charge in [-0.15, -0.1) is 0 Å². The third-order valence-electron chi connectivity index (χ3n) is 2.71. The van der Waals surface area contributed by atoms with E-state index in [9.17, 15) is 4.79 Å². The van der Waals surface area contributed by atoms with Gasteiger partial charge in [0.05, 0.1) is 5.39 Å². The third kappa shape index (κ3) is 2.07. The van der Waals surface area contributed by atoms with Gasteiger partial charge in [0.25, 0.3) is 5.56 Å². The highest BCUT2D eigenvalue weighted by atomic mass is 16.1. The maximum atomic E-state index is 12.0. The van der Waals surface area contributed by atoms with E-state index in [0.29, 0.717) is 16.9 Å². The Morgan fingerprint density at radius 1 is 1.18 bits per heavy atom. The fourth-order valence-corrected chi connectivity index (χ4v) is 1.84. The maximum Gasteiger partial charge on any atom is 0.260 e. The minimum absolute atomic E-state index is 0.107. The van der Waals surface area contributed by atoms with Gasteiger partial charge < -0.3 is 4.98 Å². The quantitative estimate of drug-likeness (QED) is 0.756. The van der Waals surface area contributed by atoms with E-state index in [1.54, 1.807) is 0 Å². The van der Waals surface area contributed by atoms with Gasteiger partial charge in [0, 0.05) is 11.1 Å². The lowest BCUT2D eigenvalue weighted by atomic mass is 9.95. The molecule has 0 saturated heterocycles. The Bertz CT molecular complexity index is 635. The molecule has 90 valence electrons. The molecule has 0 amide bonds. The van der Waals surface area contributed by atoms with Crippen molar-refractivity contribution in [2.75, 3.05) is 0 Å². The fourth-order valence-electron chi connectivity index (χ4n) is 1.84. The Labute approximate surface area is 100 Å². The molecule has 0 aliphatic heterocycles. The van der Waals surface area contributed by atoms with Crippen LogP contribution in [0.1, 0.15) is 37.9 Å². The van der Waals surface area contributed by atoms with Crippen molar-refractivity contribution in [3.05, 3.63) is 33.5 Å². The molecule has 0 bridgehead atoms. The Morgan fingerprint density at radius 2 is 1.82 bits per heavy atom. The first kappa shape index (κ1) is 11.8. The van der Waals surface area contributed by atoms with Crippen LogP contribution in [0.5, 0.6) is 0 Å². The van der Waals surface area contributed by atoms with Crippen LogP contribution in [-0.4, -0.2) is 15.0 Å². The van der Waals surface area contributed by atoms with Crippen molar-refractivity contribution in [1.82, 2.24) is 15.0 Å². The Balaban J connectivity index is 2.87. The first-order valence-corrected chi connectivity index (χ1v) is 5.68. The monoisotopic (exact) mass is 231 g/mol. The molecule has 4 nitrogen and oxygen atoms in total. The summed E-state index contributed by atoms with van der Waals surface area (Å²) in [6, 6.07) is 1.90. The number of nitrogens with zero attached hydrogens (tertiary/aromatic N) is 2. The molecular weight excluding hydrogens is 214 g/mol. The van der Waals surface area contributed by atoms with Crippen molar-refractivity contribution in [1.29, 1.82) is 0 Å². The predicted octanol–water partition coefficient (Wildman–Crippen LogP) is 2.23. The van der Waals surface area contributed by atoms with Gasteiger partial charge >= 0.3 is 0 Å². The normalized spacial score (nSPS) is 12.1. The second kappa shape index (κ2) is 3.65. The average molecular weight is 231 g/mol. The molecule has 0 aliphatic carbocycles. The van der Waals surface area contributed by atoms with E-state index in [2.05, 4.69) is 15.0 Å². The fraction of sp³-hybridized carbons (Fsp3) is 0.462. The number of hydrogen-bond donors (Lipinski definition) is 1. The zero-order valence-corrected chi connectivity index (χ0v) is 10.9. The van der Waals surface area contributed by atoms with E-state index >= 15 is 0 Å². The van der Waals surface area contributed by atoms with E-state index < -0.39 is 0 Å². The molecule has 0 fully saturated rings. The number of aryl methyl sites for hydroxylation is 2. The molecule has 0 radical (unpaired) electrons. The minimum atomic E-state index is -0.188. The zero-order chi connectivity index (χ0) is 12.8. The summed E-state index contributed by atoms with van der Waals surface area (Å²) in [6.07, 6.45) is 0. The van der Waals surface area contributed by atoms with E-state index in [1.165, 1.54) is 0 Å². The summed E-state index contributed by atoms with van der Waals surface area (Å²) in [5.74, 6) is 0.674. The molecule has 0 aromatic carbocycles. The van der Waals surface area contributed by atoms with Gasteiger partial charge in [0.2, 0.25) is 0 Å². The maximum absolute atomic E-state index is 12.0. The van der Waals surface area contributed by atoms with Gasteiger partial charge in [-0.25, -0.2) is 9.97 Å². The molecule has 1 N–H and O–H groups in total. The molecule has 17 heavy (non-hydrogen) atoms. The van der Waals surface area contributed by atoms with Gasteiger partial charge in [0.1, 0.15) is 5.82 Å². The number of aromatic amines is 1. The highest BCUT2D eigenvalue weighted by Crippen LogP contribution is 2.19. The van der Waals surface area contributed by atoms with E-state index in [0.717, 1.165) is 11.3 Å². The van der Waals surface area contributed by atoms with Crippen molar-refractivity contribution in [3.8, 4) is 0 Å². The van der Waals surface area contributed by atoms with Crippen molar-refractivity contribution in [2.45, 2.75) is 40.0 Å². The molecule has 2 aromatic rings. The number of fused-ring (bicyclic) bond motifs is 1. The molecular formula is C13H17N3O. The van der Waals surface area contributed by atoms with Crippen molar-refractivity contribution < 1.29 is 0 Å². The van der Waals surface area contributed by atoms with Crippen LogP contribution in [-0.2, 0) is 5.41 Å². The molecule has 0 spiro atoms. The van der Waals surface area contributed by atoms with Gasteiger partial charge in [-0.05, 0) is 25.5 Å². The SMILES string of the molecule is Cc1cc(C)c2c(=O)[nH]c(C(C)(C)C)nc2n1. The van der Waals surface area contributed by atoms with Crippen molar-refractivity contribution >= 4 is 11.0 Å². The van der Waals surface area contributed by atoms with Crippen LogP contribution in [0.2, 0.25) is 0 Å². The first-order chi connectivity index (χ1) is 7.79. The van der Waals surface area contributed by atoms with Gasteiger partial charge in [0.15, 0.2) is 5.65 Å². The molecule has 0 unspecified atom stereocenters.